The number of nitrogens with one attached hydrogen (secondary N) is 1. The summed E-state index contributed by atoms with van der Waals surface area (Å²) in [5, 5.41) is 2.20. The highest BCUT2D eigenvalue weighted by molar-refractivity contribution is 7.86. The predicted molar refractivity (Wildman–Crippen MR) is 135 cm³/mol. The lowest BCUT2D eigenvalue weighted by molar-refractivity contribution is -0.137. The standard InChI is InChI=1S/C23H28ClF7N4O3S.ClH/c24-18-13-16(23(29,30)31)1-2-17(18)19(36)32-14-20(3-5-21(25,26)6-4-20)33-9-11-34(12-10-33)39(37,38)35-8-7-22(27,28)15-35;/h1-2,13H,3-12,14-15H2,(H,32,36);1H. The molecule has 1 aliphatic carbocycles. The first-order valence-corrected chi connectivity index (χ1v) is 14.1. The molecule has 1 saturated carbocycles. The Kier molecular flexibility index (Phi) is 9.69. The van der Waals surface area contributed by atoms with Crippen molar-refractivity contribution >= 4 is 40.1 Å². The maximum atomic E-state index is 14.1. The van der Waals surface area contributed by atoms with Gasteiger partial charge in [0, 0.05) is 64.1 Å². The van der Waals surface area contributed by atoms with Crippen LogP contribution >= 0.6 is 24.0 Å². The van der Waals surface area contributed by atoms with Crippen LogP contribution in [0.15, 0.2) is 18.2 Å². The first-order chi connectivity index (χ1) is 17.9. The summed E-state index contributed by atoms with van der Waals surface area (Å²) < 4.78 is 122. The van der Waals surface area contributed by atoms with E-state index in [-0.39, 0.29) is 70.1 Å². The highest BCUT2D eigenvalue weighted by Crippen LogP contribution is 2.42. The van der Waals surface area contributed by atoms with Crippen LogP contribution in [0, 0.1) is 0 Å². The van der Waals surface area contributed by atoms with Gasteiger partial charge in [-0.25, -0.2) is 17.6 Å². The SMILES string of the molecule is Cl.O=C(NCC1(N2CCN(S(=O)(=O)N3CCC(F)(F)C3)CC2)CCC(F)(F)CC1)c1ccc(C(F)(F)F)cc1Cl. The van der Waals surface area contributed by atoms with Gasteiger partial charge in [-0.05, 0) is 31.0 Å². The molecule has 2 aliphatic heterocycles. The van der Waals surface area contributed by atoms with Crippen LogP contribution in [0.25, 0.3) is 0 Å². The van der Waals surface area contributed by atoms with Crippen LogP contribution in [-0.2, 0) is 16.4 Å². The zero-order chi connectivity index (χ0) is 28.9. The number of carbonyl (C=O) groups is 1. The van der Waals surface area contributed by atoms with Gasteiger partial charge in [-0.3, -0.25) is 9.69 Å². The van der Waals surface area contributed by atoms with Crippen LogP contribution in [-0.4, -0.2) is 91.0 Å². The summed E-state index contributed by atoms with van der Waals surface area (Å²) in [4.78, 5) is 14.6. The van der Waals surface area contributed by atoms with Gasteiger partial charge in [-0.1, -0.05) is 11.6 Å². The fourth-order valence-electron chi connectivity index (χ4n) is 5.36. The van der Waals surface area contributed by atoms with Crippen LogP contribution in [0.1, 0.15) is 48.0 Å². The molecule has 2 saturated heterocycles. The largest absolute Gasteiger partial charge is 0.416 e. The smallest absolute Gasteiger partial charge is 0.350 e. The second-order valence-electron chi connectivity index (χ2n) is 10.3. The van der Waals surface area contributed by atoms with Crippen molar-refractivity contribution in [2.45, 2.75) is 55.7 Å². The van der Waals surface area contributed by atoms with E-state index in [1.165, 1.54) is 0 Å². The van der Waals surface area contributed by atoms with Crippen LogP contribution < -0.4 is 5.32 Å². The quantitative estimate of drug-likeness (QED) is 0.457. The molecule has 1 N–H and O–H groups in total. The molecule has 0 unspecified atom stereocenters. The van der Waals surface area contributed by atoms with Gasteiger partial charge in [0.2, 0.25) is 5.92 Å². The number of halogens is 9. The Bertz CT molecular complexity index is 1190. The van der Waals surface area contributed by atoms with E-state index in [2.05, 4.69) is 5.32 Å². The number of rotatable bonds is 6. The van der Waals surface area contributed by atoms with Crippen molar-refractivity contribution in [2.75, 3.05) is 45.8 Å². The second kappa shape index (κ2) is 11.7. The number of nitrogens with zero attached hydrogens (tertiary/aromatic N) is 3. The summed E-state index contributed by atoms with van der Waals surface area (Å²) in [6.45, 7) is -1.19. The van der Waals surface area contributed by atoms with E-state index in [1.54, 1.807) is 0 Å². The highest BCUT2D eigenvalue weighted by Gasteiger charge is 2.49. The molecular weight excluding hydrogens is 616 g/mol. The maximum absolute atomic E-state index is 14.1. The molecule has 17 heteroatoms. The van der Waals surface area contributed by atoms with E-state index in [1.807, 2.05) is 4.90 Å². The Morgan fingerprint density at radius 3 is 2.00 bits per heavy atom. The molecule has 3 aliphatic rings. The molecule has 0 aromatic heterocycles. The molecular formula is C23H29Cl2F7N4O3S. The summed E-state index contributed by atoms with van der Waals surface area (Å²) in [5.74, 6) is -6.78. The molecule has 0 radical (unpaired) electrons. The first kappa shape index (κ1) is 33.1. The molecule has 2 heterocycles. The predicted octanol–water partition coefficient (Wildman–Crippen LogP) is 4.66. The molecule has 1 aromatic carbocycles. The van der Waals surface area contributed by atoms with Crippen molar-refractivity contribution in [3.8, 4) is 0 Å². The monoisotopic (exact) mass is 644 g/mol. The number of hydrogen-bond acceptors (Lipinski definition) is 4. The van der Waals surface area contributed by atoms with Gasteiger partial charge in [0.05, 0.1) is 22.7 Å². The molecule has 228 valence electrons. The molecule has 1 aromatic rings. The van der Waals surface area contributed by atoms with E-state index in [0.29, 0.717) is 12.1 Å². The van der Waals surface area contributed by atoms with Crippen LogP contribution in [0.5, 0.6) is 0 Å². The molecule has 0 atom stereocenters. The Hall–Kier alpha value is -1.39. The summed E-state index contributed by atoms with van der Waals surface area (Å²) >= 11 is 5.92. The molecule has 40 heavy (non-hydrogen) atoms. The van der Waals surface area contributed by atoms with Crippen molar-refractivity contribution in [1.29, 1.82) is 0 Å². The minimum Gasteiger partial charge on any atom is -0.350 e. The zero-order valence-electron chi connectivity index (χ0n) is 21.1. The van der Waals surface area contributed by atoms with Gasteiger partial charge < -0.3 is 5.32 Å². The second-order valence-corrected chi connectivity index (χ2v) is 12.6. The minimum atomic E-state index is -4.65. The normalized spacial score (nSPS) is 23.9. The van der Waals surface area contributed by atoms with Crippen LogP contribution in [0.2, 0.25) is 5.02 Å². The third kappa shape index (κ3) is 7.14. The summed E-state index contributed by atoms with van der Waals surface area (Å²) in [5.41, 5.74) is -2.20. The van der Waals surface area contributed by atoms with Crippen molar-refractivity contribution < 1.29 is 43.9 Å². The summed E-state index contributed by atoms with van der Waals surface area (Å²) in [6.07, 6.45) is -6.19. The van der Waals surface area contributed by atoms with E-state index >= 15 is 0 Å². The molecule has 4 rings (SSSR count). The zero-order valence-corrected chi connectivity index (χ0v) is 23.5. The van der Waals surface area contributed by atoms with E-state index in [4.69, 9.17) is 11.6 Å². The average Bonchev–Trinajstić information content (AvgIpc) is 3.23. The summed E-state index contributed by atoms with van der Waals surface area (Å²) in [7, 11) is -4.13. The molecule has 1 amide bonds. The third-order valence-corrected chi connectivity index (χ3v) is 10.0. The topological polar surface area (TPSA) is 73.0 Å². The number of amides is 1. The van der Waals surface area contributed by atoms with Crippen molar-refractivity contribution in [1.82, 2.24) is 18.8 Å². The number of carbonyl (C=O) groups excluding carboxylic acids is 1. The molecule has 0 spiro atoms. The number of piperazine rings is 1. The van der Waals surface area contributed by atoms with Gasteiger partial charge in [-0.2, -0.15) is 30.2 Å². The maximum Gasteiger partial charge on any atom is 0.416 e. The Morgan fingerprint density at radius 1 is 0.900 bits per heavy atom. The summed E-state index contributed by atoms with van der Waals surface area (Å²) in [6, 6.07) is 2.28. The Morgan fingerprint density at radius 2 is 1.50 bits per heavy atom. The fourth-order valence-corrected chi connectivity index (χ4v) is 7.25. The Balaban J connectivity index is 0.00000441. The minimum absolute atomic E-state index is 0. The average molecular weight is 645 g/mol. The molecule has 0 bridgehead atoms. The van der Waals surface area contributed by atoms with Gasteiger partial charge in [0.1, 0.15) is 0 Å². The number of alkyl halides is 7. The van der Waals surface area contributed by atoms with Gasteiger partial charge in [-0.15, -0.1) is 12.4 Å². The van der Waals surface area contributed by atoms with Gasteiger partial charge in [0.25, 0.3) is 22.0 Å². The lowest BCUT2D eigenvalue weighted by Gasteiger charge is -2.50. The molecule has 7 nitrogen and oxygen atoms in total. The van der Waals surface area contributed by atoms with Gasteiger partial charge in [0.15, 0.2) is 0 Å². The van der Waals surface area contributed by atoms with Gasteiger partial charge >= 0.3 is 6.18 Å². The van der Waals surface area contributed by atoms with E-state index in [9.17, 15) is 43.9 Å². The van der Waals surface area contributed by atoms with Crippen LogP contribution in [0.3, 0.4) is 0 Å². The lowest BCUT2D eigenvalue weighted by Crippen LogP contribution is -2.64. The number of hydrogen-bond donors (Lipinski definition) is 1. The fraction of sp³-hybridized carbons (Fsp3) is 0.696. The van der Waals surface area contributed by atoms with E-state index in [0.717, 1.165) is 14.7 Å². The van der Waals surface area contributed by atoms with Crippen molar-refractivity contribution in [3.05, 3.63) is 34.3 Å². The first-order valence-electron chi connectivity index (χ1n) is 12.4. The van der Waals surface area contributed by atoms with Crippen molar-refractivity contribution in [2.24, 2.45) is 0 Å². The lowest BCUT2D eigenvalue weighted by atomic mass is 9.78. The molecule has 3 fully saturated rings. The van der Waals surface area contributed by atoms with Crippen molar-refractivity contribution in [3.63, 3.8) is 0 Å². The van der Waals surface area contributed by atoms with E-state index < -0.39 is 76.1 Å². The Labute approximate surface area is 238 Å². The van der Waals surface area contributed by atoms with Crippen LogP contribution in [0.4, 0.5) is 30.7 Å². The third-order valence-electron chi connectivity index (χ3n) is 7.73. The highest BCUT2D eigenvalue weighted by atomic mass is 35.5. The number of benzene rings is 1.